The maximum atomic E-state index is 11.8. The molecule has 0 aromatic carbocycles. The number of hydrogen-bond donors (Lipinski definition) is 1. The minimum absolute atomic E-state index is 0.149. The van der Waals surface area contributed by atoms with Gasteiger partial charge in [-0.05, 0) is 0 Å². The van der Waals surface area contributed by atoms with Gasteiger partial charge in [0.15, 0.2) is 11.3 Å². The van der Waals surface area contributed by atoms with Crippen LogP contribution >= 0.6 is 0 Å². The summed E-state index contributed by atoms with van der Waals surface area (Å²) in [5.74, 6) is 0. The van der Waals surface area contributed by atoms with Crippen LogP contribution < -0.4 is 5.69 Å². The van der Waals surface area contributed by atoms with Gasteiger partial charge >= 0.3 is 5.69 Å². The molecule has 18 heavy (non-hydrogen) atoms. The van der Waals surface area contributed by atoms with Crippen LogP contribution in [0, 0.1) is 0 Å². The Morgan fingerprint density at radius 1 is 1.22 bits per heavy atom. The number of imidazole rings is 1. The molecule has 1 fully saturated rings. The normalized spacial score (nSPS) is 17.3. The molecule has 96 valence electrons. The largest absolute Gasteiger partial charge is 0.379 e. The summed E-state index contributed by atoms with van der Waals surface area (Å²) in [6.07, 6.45) is 3.17. The Balaban J connectivity index is 1.77. The lowest BCUT2D eigenvalue weighted by Crippen LogP contribution is -2.39. The number of nitrogens with zero attached hydrogens (tertiary/aromatic N) is 4. The first-order valence-corrected chi connectivity index (χ1v) is 6.04. The second-order valence-electron chi connectivity index (χ2n) is 4.26. The van der Waals surface area contributed by atoms with Crippen LogP contribution in [-0.4, -0.2) is 57.3 Å². The van der Waals surface area contributed by atoms with Gasteiger partial charge in [0, 0.05) is 38.6 Å². The van der Waals surface area contributed by atoms with Crippen molar-refractivity contribution in [2.45, 2.75) is 6.54 Å². The van der Waals surface area contributed by atoms with Crippen molar-refractivity contribution in [1.82, 2.24) is 24.4 Å². The molecule has 0 unspecified atom stereocenters. The number of H-pyrrole nitrogens is 1. The van der Waals surface area contributed by atoms with E-state index in [0.29, 0.717) is 17.8 Å². The smallest absolute Gasteiger partial charge is 0.328 e. The van der Waals surface area contributed by atoms with E-state index >= 15 is 0 Å². The first-order chi connectivity index (χ1) is 8.84. The van der Waals surface area contributed by atoms with Gasteiger partial charge in [0.05, 0.1) is 13.2 Å². The molecule has 1 aliphatic heterocycles. The van der Waals surface area contributed by atoms with Gasteiger partial charge in [-0.25, -0.2) is 14.8 Å². The van der Waals surface area contributed by atoms with Crippen molar-refractivity contribution in [3.63, 3.8) is 0 Å². The van der Waals surface area contributed by atoms with E-state index in [1.807, 2.05) is 0 Å². The zero-order valence-electron chi connectivity index (χ0n) is 10.0. The summed E-state index contributed by atoms with van der Waals surface area (Å²) in [5, 5.41) is 0. The molecule has 7 nitrogen and oxygen atoms in total. The van der Waals surface area contributed by atoms with Gasteiger partial charge in [-0.15, -0.1) is 0 Å². The van der Waals surface area contributed by atoms with Crippen LogP contribution in [0.3, 0.4) is 0 Å². The van der Waals surface area contributed by atoms with Crippen molar-refractivity contribution in [3.05, 3.63) is 22.9 Å². The number of rotatable bonds is 3. The van der Waals surface area contributed by atoms with Gasteiger partial charge in [-0.1, -0.05) is 0 Å². The highest BCUT2D eigenvalue weighted by molar-refractivity contribution is 5.64. The topological polar surface area (TPSA) is 76.0 Å². The quantitative estimate of drug-likeness (QED) is 0.790. The number of nitrogens with one attached hydrogen (secondary N) is 1. The maximum Gasteiger partial charge on any atom is 0.328 e. The molecule has 0 radical (unpaired) electrons. The van der Waals surface area contributed by atoms with Crippen LogP contribution in [0.2, 0.25) is 0 Å². The Bertz CT molecular complexity index is 584. The van der Waals surface area contributed by atoms with Gasteiger partial charge in [0.1, 0.15) is 0 Å². The molecule has 7 heteroatoms. The predicted molar refractivity (Wildman–Crippen MR) is 65.4 cm³/mol. The molecule has 0 bridgehead atoms. The average Bonchev–Trinajstić information content (AvgIpc) is 2.73. The van der Waals surface area contributed by atoms with E-state index in [2.05, 4.69) is 19.9 Å². The third-order valence-electron chi connectivity index (χ3n) is 3.15. The highest BCUT2D eigenvalue weighted by Gasteiger charge is 2.12. The van der Waals surface area contributed by atoms with E-state index in [0.717, 1.165) is 32.8 Å². The molecule has 0 aliphatic carbocycles. The van der Waals surface area contributed by atoms with E-state index in [1.54, 1.807) is 17.0 Å². The van der Waals surface area contributed by atoms with Crippen molar-refractivity contribution in [2.24, 2.45) is 0 Å². The number of aromatic amines is 1. The molecule has 1 N–H and O–H groups in total. The summed E-state index contributed by atoms with van der Waals surface area (Å²) < 4.78 is 6.93. The Labute approximate surface area is 103 Å². The molecule has 0 atom stereocenters. The summed E-state index contributed by atoms with van der Waals surface area (Å²) in [5.41, 5.74) is 1.02. The van der Waals surface area contributed by atoms with E-state index < -0.39 is 0 Å². The van der Waals surface area contributed by atoms with Gasteiger partial charge in [0.2, 0.25) is 0 Å². The third-order valence-corrected chi connectivity index (χ3v) is 3.15. The highest BCUT2D eigenvalue weighted by Crippen LogP contribution is 2.03. The fourth-order valence-electron chi connectivity index (χ4n) is 2.15. The number of hydrogen-bond acceptors (Lipinski definition) is 5. The molecule has 3 heterocycles. The maximum absolute atomic E-state index is 11.8. The molecule has 3 rings (SSSR count). The van der Waals surface area contributed by atoms with Gasteiger partial charge < -0.3 is 4.74 Å². The molecule has 0 spiro atoms. The van der Waals surface area contributed by atoms with Gasteiger partial charge in [-0.2, -0.15) is 0 Å². The highest BCUT2D eigenvalue weighted by atomic mass is 16.5. The molecule has 1 saturated heterocycles. The molecular formula is C11H15N5O2. The van der Waals surface area contributed by atoms with E-state index in [1.165, 1.54) is 0 Å². The summed E-state index contributed by atoms with van der Waals surface area (Å²) >= 11 is 0. The fraction of sp³-hybridized carbons (Fsp3) is 0.545. The van der Waals surface area contributed by atoms with Crippen LogP contribution in [0.15, 0.2) is 17.2 Å². The summed E-state index contributed by atoms with van der Waals surface area (Å²) in [7, 11) is 0. The second-order valence-corrected chi connectivity index (χ2v) is 4.26. The van der Waals surface area contributed by atoms with Crippen molar-refractivity contribution >= 4 is 11.3 Å². The molecule has 0 amide bonds. The van der Waals surface area contributed by atoms with E-state index in [9.17, 15) is 4.79 Å². The number of aromatic nitrogens is 4. The third kappa shape index (κ3) is 2.14. The van der Waals surface area contributed by atoms with Gasteiger partial charge in [0.25, 0.3) is 0 Å². The van der Waals surface area contributed by atoms with Gasteiger partial charge in [-0.3, -0.25) is 14.5 Å². The van der Waals surface area contributed by atoms with E-state index in [-0.39, 0.29) is 5.69 Å². The number of morpholine rings is 1. The lowest BCUT2D eigenvalue weighted by molar-refractivity contribution is 0.0364. The number of fused-ring (bicyclic) bond motifs is 1. The lowest BCUT2D eigenvalue weighted by Gasteiger charge is -2.26. The standard InChI is InChI=1S/C11H15N5O2/c17-11-14-9-10(13-2-1-12-9)16(11)4-3-15-5-7-18-8-6-15/h1-2H,3-8H2,(H,12,14,17). The molecular weight excluding hydrogens is 234 g/mol. The van der Waals surface area contributed by atoms with Crippen molar-refractivity contribution in [3.8, 4) is 0 Å². The Kier molecular flexibility index (Phi) is 3.07. The Hall–Kier alpha value is -1.73. The van der Waals surface area contributed by atoms with Crippen LogP contribution in [0.25, 0.3) is 11.3 Å². The summed E-state index contributed by atoms with van der Waals surface area (Å²) in [6, 6.07) is 0. The van der Waals surface area contributed by atoms with Crippen molar-refractivity contribution in [1.29, 1.82) is 0 Å². The SMILES string of the molecule is O=c1[nH]c2nccnc2n1CCN1CCOCC1. The zero-order valence-corrected chi connectivity index (χ0v) is 10.0. The predicted octanol–water partition coefficient (Wildman–Crippen LogP) is -0.548. The molecule has 2 aromatic heterocycles. The van der Waals surface area contributed by atoms with Crippen LogP contribution in [-0.2, 0) is 11.3 Å². The van der Waals surface area contributed by atoms with Crippen LogP contribution in [0.4, 0.5) is 0 Å². The number of ether oxygens (including phenoxy) is 1. The summed E-state index contributed by atoms with van der Waals surface area (Å²) in [4.78, 5) is 25.1. The van der Waals surface area contributed by atoms with E-state index in [4.69, 9.17) is 4.74 Å². The minimum atomic E-state index is -0.149. The average molecular weight is 249 g/mol. The minimum Gasteiger partial charge on any atom is -0.379 e. The fourth-order valence-corrected chi connectivity index (χ4v) is 2.15. The summed E-state index contributed by atoms with van der Waals surface area (Å²) in [6.45, 7) is 4.82. The van der Waals surface area contributed by atoms with Crippen molar-refractivity contribution < 1.29 is 4.74 Å². The van der Waals surface area contributed by atoms with Crippen LogP contribution in [0.5, 0.6) is 0 Å². The second kappa shape index (κ2) is 4.87. The first kappa shape index (κ1) is 11.4. The molecule has 1 aliphatic rings. The molecule has 2 aromatic rings. The lowest BCUT2D eigenvalue weighted by atomic mass is 10.4. The Morgan fingerprint density at radius 2 is 2.00 bits per heavy atom. The Morgan fingerprint density at radius 3 is 2.83 bits per heavy atom. The van der Waals surface area contributed by atoms with Crippen LogP contribution in [0.1, 0.15) is 0 Å². The first-order valence-electron chi connectivity index (χ1n) is 6.04. The molecule has 0 saturated carbocycles. The van der Waals surface area contributed by atoms with Crippen molar-refractivity contribution in [2.75, 3.05) is 32.8 Å². The monoisotopic (exact) mass is 249 g/mol. The zero-order chi connectivity index (χ0) is 12.4.